The highest BCUT2D eigenvalue weighted by molar-refractivity contribution is 7.92. The van der Waals surface area contributed by atoms with Gasteiger partial charge in [-0.1, -0.05) is 23.2 Å². The summed E-state index contributed by atoms with van der Waals surface area (Å²) in [6.07, 6.45) is 2.84. The zero-order valence-electron chi connectivity index (χ0n) is 10.5. The number of hydrogen-bond acceptors (Lipinski definition) is 3. The highest BCUT2D eigenvalue weighted by Gasteiger charge is 2.40. The Morgan fingerprint density at radius 2 is 1.84 bits per heavy atom. The minimum absolute atomic E-state index is 0.0211. The molecule has 3 rings (SSSR count). The molecule has 6 heteroatoms. The summed E-state index contributed by atoms with van der Waals surface area (Å²) in [5, 5.41) is 3.79. The lowest BCUT2D eigenvalue weighted by Gasteiger charge is -2.31. The second-order valence-electron chi connectivity index (χ2n) is 5.36. The third kappa shape index (κ3) is 2.29. The third-order valence-corrected chi connectivity index (χ3v) is 6.86. The van der Waals surface area contributed by atoms with Crippen molar-refractivity contribution in [3.63, 3.8) is 0 Å². The Labute approximate surface area is 123 Å². The number of benzene rings is 1. The molecule has 1 N–H and O–H groups in total. The van der Waals surface area contributed by atoms with E-state index >= 15 is 0 Å². The molecule has 0 aromatic heterocycles. The summed E-state index contributed by atoms with van der Waals surface area (Å²) in [5.74, 6) is 0. The first-order valence-electron chi connectivity index (χ1n) is 6.39. The molecule has 2 aliphatic rings. The van der Waals surface area contributed by atoms with E-state index in [-0.39, 0.29) is 16.0 Å². The maximum Gasteiger partial charge on any atom is 0.182 e. The van der Waals surface area contributed by atoms with Crippen LogP contribution in [0.2, 0.25) is 10.0 Å². The van der Waals surface area contributed by atoms with E-state index in [2.05, 4.69) is 5.32 Å². The molecule has 1 aromatic rings. The third-order valence-electron chi connectivity index (χ3n) is 3.84. The summed E-state index contributed by atoms with van der Waals surface area (Å²) < 4.78 is 24.9. The Kier molecular flexibility index (Phi) is 3.33. The number of nitrogens with one attached hydrogen (secondary N) is 1. The molecule has 1 aliphatic heterocycles. The predicted octanol–water partition coefficient (Wildman–Crippen LogP) is 3.35. The highest BCUT2D eigenvalue weighted by Crippen LogP contribution is 2.44. The Hall–Kier alpha value is -0.290. The van der Waals surface area contributed by atoms with Gasteiger partial charge in [-0.2, -0.15) is 0 Å². The normalized spacial score (nSPS) is 29.0. The zero-order chi connectivity index (χ0) is 13.8. The molecule has 19 heavy (non-hydrogen) atoms. The van der Waals surface area contributed by atoms with Crippen LogP contribution >= 0.6 is 23.2 Å². The summed E-state index contributed by atoms with van der Waals surface area (Å²) in [4.78, 5) is 0.221. The van der Waals surface area contributed by atoms with Crippen LogP contribution in [0.3, 0.4) is 0 Å². The van der Waals surface area contributed by atoms with Crippen LogP contribution in [-0.4, -0.2) is 19.7 Å². The highest BCUT2D eigenvalue weighted by atomic mass is 35.5. The maximum absolute atomic E-state index is 12.5. The van der Waals surface area contributed by atoms with Crippen LogP contribution in [-0.2, 0) is 9.84 Å². The minimum atomic E-state index is -3.38. The van der Waals surface area contributed by atoms with Gasteiger partial charge in [0.25, 0.3) is 0 Å². The van der Waals surface area contributed by atoms with Crippen LogP contribution in [0.15, 0.2) is 17.0 Å². The van der Waals surface area contributed by atoms with Crippen LogP contribution in [0.25, 0.3) is 0 Å². The molecule has 0 radical (unpaired) electrons. The fraction of sp³-hybridized carbons (Fsp3) is 0.538. The minimum Gasteiger partial charge on any atom is -0.307 e. The van der Waals surface area contributed by atoms with E-state index in [4.69, 9.17) is 23.2 Å². The lowest BCUT2D eigenvalue weighted by atomic mass is 10.0. The van der Waals surface area contributed by atoms with E-state index < -0.39 is 15.1 Å². The number of hydrogen-bond donors (Lipinski definition) is 1. The first-order chi connectivity index (χ1) is 8.91. The molecule has 3 nitrogen and oxygen atoms in total. The fourth-order valence-corrected chi connectivity index (χ4v) is 5.21. The predicted molar refractivity (Wildman–Crippen MR) is 76.6 cm³/mol. The van der Waals surface area contributed by atoms with Gasteiger partial charge < -0.3 is 5.32 Å². The molecule has 0 bridgehead atoms. The van der Waals surface area contributed by atoms with Gasteiger partial charge in [-0.3, -0.25) is 0 Å². The van der Waals surface area contributed by atoms with Gasteiger partial charge in [-0.15, -0.1) is 0 Å². The number of sulfone groups is 1. The van der Waals surface area contributed by atoms with E-state index in [0.29, 0.717) is 23.0 Å². The lowest BCUT2D eigenvalue weighted by Crippen LogP contribution is -2.35. The van der Waals surface area contributed by atoms with Gasteiger partial charge in [0.05, 0.1) is 15.2 Å². The average Bonchev–Trinajstić information content (AvgIpc) is 3.13. The van der Waals surface area contributed by atoms with Crippen molar-refractivity contribution >= 4 is 33.0 Å². The molecule has 1 saturated carbocycles. The van der Waals surface area contributed by atoms with Crippen molar-refractivity contribution in [3.8, 4) is 0 Å². The molecule has 104 valence electrons. The van der Waals surface area contributed by atoms with Crippen LogP contribution < -0.4 is 5.32 Å². The van der Waals surface area contributed by atoms with E-state index in [1.165, 1.54) is 0 Å². The van der Waals surface area contributed by atoms with E-state index in [1.807, 2.05) is 0 Å². The van der Waals surface area contributed by atoms with Crippen LogP contribution in [0, 0.1) is 0 Å². The SMILES string of the molecule is CC1CC(NC2CC2)c2c(Cl)ccc(Cl)c2S1(=O)=O. The monoisotopic (exact) mass is 319 g/mol. The molecule has 0 saturated heterocycles. The molecular weight excluding hydrogens is 305 g/mol. The molecule has 1 aromatic carbocycles. The number of fused-ring (bicyclic) bond motifs is 1. The fourth-order valence-electron chi connectivity index (χ4n) is 2.63. The van der Waals surface area contributed by atoms with Gasteiger partial charge in [0.15, 0.2) is 9.84 Å². The Morgan fingerprint density at radius 1 is 1.21 bits per heavy atom. The largest absolute Gasteiger partial charge is 0.307 e. The van der Waals surface area contributed by atoms with Gasteiger partial charge in [0, 0.05) is 22.7 Å². The second kappa shape index (κ2) is 4.62. The number of halogens is 2. The van der Waals surface area contributed by atoms with Gasteiger partial charge in [-0.25, -0.2) is 8.42 Å². The maximum atomic E-state index is 12.5. The van der Waals surface area contributed by atoms with Crippen molar-refractivity contribution in [1.82, 2.24) is 5.32 Å². The molecule has 2 unspecified atom stereocenters. The zero-order valence-corrected chi connectivity index (χ0v) is 12.8. The topological polar surface area (TPSA) is 46.2 Å². The Balaban J connectivity index is 2.18. The summed E-state index contributed by atoms with van der Waals surface area (Å²) in [6.45, 7) is 1.73. The quantitative estimate of drug-likeness (QED) is 0.909. The molecule has 1 heterocycles. The van der Waals surface area contributed by atoms with Crippen molar-refractivity contribution in [2.45, 2.75) is 48.4 Å². The van der Waals surface area contributed by atoms with Gasteiger partial charge in [0.1, 0.15) is 0 Å². The van der Waals surface area contributed by atoms with Crippen molar-refractivity contribution in [2.24, 2.45) is 0 Å². The van der Waals surface area contributed by atoms with Crippen molar-refractivity contribution in [1.29, 1.82) is 0 Å². The van der Waals surface area contributed by atoms with Gasteiger partial charge in [0.2, 0.25) is 0 Å². The summed E-state index contributed by atoms with van der Waals surface area (Å²) in [5.41, 5.74) is 0.652. The molecule has 2 atom stereocenters. The van der Waals surface area contributed by atoms with E-state index in [9.17, 15) is 8.42 Å². The van der Waals surface area contributed by atoms with Crippen LogP contribution in [0.5, 0.6) is 0 Å². The first-order valence-corrected chi connectivity index (χ1v) is 8.69. The van der Waals surface area contributed by atoms with Gasteiger partial charge in [-0.05, 0) is 38.3 Å². The molecule has 0 amide bonds. The smallest absolute Gasteiger partial charge is 0.182 e. The lowest BCUT2D eigenvalue weighted by molar-refractivity contribution is 0.461. The van der Waals surface area contributed by atoms with Crippen molar-refractivity contribution < 1.29 is 8.42 Å². The summed E-state index contributed by atoms with van der Waals surface area (Å²) in [7, 11) is -3.38. The van der Waals surface area contributed by atoms with Crippen molar-refractivity contribution in [3.05, 3.63) is 27.7 Å². The molecule has 1 aliphatic carbocycles. The van der Waals surface area contributed by atoms with Gasteiger partial charge >= 0.3 is 0 Å². The molecular formula is C13H15Cl2NO2S. The van der Waals surface area contributed by atoms with E-state index in [1.54, 1.807) is 19.1 Å². The standard InChI is InChI=1S/C13H15Cl2NO2S/c1-7-6-11(16-8-2-3-8)12-9(14)4-5-10(15)13(12)19(7,17)18/h4-5,7-8,11,16H,2-3,6H2,1H3. The van der Waals surface area contributed by atoms with E-state index in [0.717, 1.165) is 12.8 Å². The van der Waals surface area contributed by atoms with Crippen LogP contribution in [0.4, 0.5) is 0 Å². The molecule has 1 fully saturated rings. The van der Waals surface area contributed by atoms with Crippen LogP contribution in [0.1, 0.15) is 37.8 Å². The second-order valence-corrected chi connectivity index (χ2v) is 8.47. The Bertz CT molecular complexity index is 626. The molecule has 0 spiro atoms. The Morgan fingerprint density at radius 3 is 2.47 bits per heavy atom. The summed E-state index contributed by atoms with van der Waals surface area (Å²) in [6, 6.07) is 3.70. The van der Waals surface area contributed by atoms with Crippen molar-refractivity contribution in [2.75, 3.05) is 0 Å². The number of rotatable bonds is 2. The summed E-state index contributed by atoms with van der Waals surface area (Å²) >= 11 is 12.3. The first kappa shape index (κ1) is 13.7. The average molecular weight is 320 g/mol.